The highest BCUT2D eigenvalue weighted by atomic mass is 79.9. The van der Waals surface area contributed by atoms with Crippen LogP contribution in [0, 0.1) is 11.8 Å². The van der Waals surface area contributed by atoms with E-state index in [1.807, 2.05) is 7.05 Å². The van der Waals surface area contributed by atoms with Crippen molar-refractivity contribution in [2.75, 3.05) is 25.0 Å². The molecule has 1 N–H and O–H groups in total. The molecule has 1 saturated heterocycles. The largest absolute Gasteiger partial charge is 0.370 e. The number of anilines is 1. The zero-order chi connectivity index (χ0) is 12.5. The van der Waals surface area contributed by atoms with E-state index in [1.54, 1.807) is 0 Å². The topological polar surface area (TPSA) is 15.3 Å². The molecule has 0 radical (unpaired) electrons. The van der Waals surface area contributed by atoms with Crippen molar-refractivity contribution in [3.05, 3.63) is 28.2 Å². The summed E-state index contributed by atoms with van der Waals surface area (Å²) in [4.78, 5) is 2.57. The van der Waals surface area contributed by atoms with Gasteiger partial charge in [0.2, 0.25) is 0 Å². The highest BCUT2D eigenvalue weighted by molar-refractivity contribution is 9.10. The van der Waals surface area contributed by atoms with Crippen LogP contribution < -0.4 is 10.2 Å². The lowest BCUT2D eigenvalue weighted by molar-refractivity contribution is 0.494. The summed E-state index contributed by atoms with van der Waals surface area (Å²) in [5.41, 5.74) is 2.72. The molecule has 3 heteroatoms. The second-order valence-corrected chi connectivity index (χ2v) is 6.53. The van der Waals surface area contributed by atoms with E-state index in [9.17, 15) is 0 Å². The molecule has 18 heavy (non-hydrogen) atoms. The van der Waals surface area contributed by atoms with Crippen LogP contribution in [-0.4, -0.2) is 20.1 Å². The summed E-state index contributed by atoms with van der Waals surface area (Å²) in [6, 6.07) is 6.77. The molecule has 0 spiro atoms. The van der Waals surface area contributed by atoms with E-state index >= 15 is 0 Å². The van der Waals surface area contributed by atoms with E-state index in [0.717, 1.165) is 18.4 Å². The molecule has 2 atom stereocenters. The number of hydrogen-bond donors (Lipinski definition) is 1. The SMILES string of the molecule is CNCc1ccc(N2CC3CCCC3C2)c(Br)c1. The van der Waals surface area contributed by atoms with Crippen molar-refractivity contribution in [2.45, 2.75) is 25.8 Å². The van der Waals surface area contributed by atoms with Gasteiger partial charge in [0.05, 0.1) is 5.69 Å². The van der Waals surface area contributed by atoms with Crippen LogP contribution in [0.15, 0.2) is 22.7 Å². The predicted octanol–water partition coefficient (Wildman–Crippen LogP) is 3.40. The zero-order valence-electron chi connectivity index (χ0n) is 11.0. The normalized spacial score (nSPS) is 26.7. The Morgan fingerprint density at radius 2 is 2.00 bits per heavy atom. The quantitative estimate of drug-likeness (QED) is 0.920. The molecule has 0 bridgehead atoms. The Labute approximate surface area is 118 Å². The van der Waals surface area contributed by atoms with Gasteiger partial charge in [-0.2, -0.15) is 0 Å². The van der Waals surface area contributed by atoms with Crippen molar-refractivity contribution in [3.63, 3.8) is 0 Å². The summed E-state index contributed by atoms with van der Waals surface area (Å²) in [5.74, 6) is 1.91. The molecular formula is C15H21BrN2. The number of benzene rings is 1. The van der Waals surface area contributed by atoms with Crippen molar-refractivity contribution in [1.29, 1.82) is 0 Å². The molecule has 2 nitrogen and oxygen atoms in total. The smallest absolute Gasteiger partial charge is 0.0511 e. The van der Waals surface area contributed by atoms with Crippen LogP contribution in [0.2, 0.25) is 0 Å². The Bertz CT molecular complexity index is 421. The summed E-state index contributed by atoms with van der Waals surface area (Å²) in [6.07, 6.45) is 4.33. The lowest BCUT2D eigenvalue weighted by atomic mass is 10.0. The number of nitrogens with zero attached hydrogens (tertiary/aromatic N) is 1. The van der Waals surface area contributed by atoms with Crippen LogP contribution >= 0.6 is 15.9 Å². The van der Waals surface area contributed by atoms with Crippen molar-refractivity contribution in [3.8, 4) is 0 Å². The van der Waals surface area contributed by atoms with Crippen molar-refractivity contribution < 1.29 is 0 Å². The van der Waals surface area contributed by atoms with E-state index < -0.39 is 0 Å². The number of rotatable bonds is 3. The third kappa shape index (κ3) is 2.30. The van der Waals surface area contributed by atoms with Gasteiger partial charge >= 0.3 is 0 Å². The van der Waals surface area contributed by atoms with Gasteiger partial charge in [-0.3, -0.25) is 0 Å². The first kappa shape index (κ1) is 12.5. The van der Waals surface area contributed by atoms with Crippen LogP contribution in [-0.2, 0) is 6.54 Å². The minimum absolute atomic E-state index is 0.935. The number of fused-ring (bicyclic) bond motifs is 1. The fourth-order valence-electron chi connectivity index (χ4n) is 3.55. The Morgan fingerprint density at radius 1 is 1.28 bits per heavy atom. The summed E-state index contributed by atoms with van der Waals surface area (Å²) in [7, 11) is 1.99. The average molecular weight is 309 g/mol. The first-order valence-electron chi connectivity index (χ1n) is 6.96. The number of nitrogens with one attached hydrogen (secondary N) is 1. The Hall–Kier alpha value is -0.540. The molecule has 0 amide bonds. The van der Waals surface area contributed by atoms with Gasteiger partial charge in [0, 0.05) is 24.1 Å². The van der Waals surface area contributed by atoms with Crippen LogP contribution in [0.5, 0.6) is 0 Å². The van der Waals surface area contributed by atoms with Crippen LogP contribution in [0.4, 0.5) is 5.69 Å². The molecular weight excluding hydrogens is 288 g/mol. The lowest BCUT2D eigenvalue weighted by Gasteiger charge is -2.21. The second-order valence-electron chi connectivity index (χ2n) is 5.67. The Morgan fingerprint density at radius 3 is 2.61 bits per heavy atom. The summed E-state index contributed by atoms with van der Waals surface area (Å²) >= 11 is 3.74. The van der Waals surface area contributed by atoms with Gasteiger partial charge in [-0.1, -0.05) is 12.5 Å². The van der Waals surface area contributed by atoms with Crippen molar-refractivity contribution in [1.82, 2.24) is 5.32 Å². The molecule has 1 aliphatic heterocycles. The molecule has 0 aromatic heterocycles. The second kappa shape index (κ2) is 5.22. The van der Waals surface area contributed by atoms with Crippen LogP contribution in [0.3, 0.4) is 0 Å². The van der Waals surface area contributed by atoms with Crippen molar-refractivity contribution in [2.24, 2.45) is 11.8 Å². The van der Waals surface area contributed by atoms with E-state index in [4.69, 9.17) is 0 Å². The van der Waals surface area contributed by atoms with Gasteiger partial charge in [0.1, 0.15) is 0 Å². The minimum Gasteiger partial charge on any atom is -0.370 e. The molecule has 3 rings (SSSR count). The van der Waals surface area contributed by atoms with E-state index in [-0.39, 0.29) is 0 Å². The molecule has 2 fully saturated rings. The minimum atomic E-state index is 0.935. The molecule has 1 aliphatic carbocycles. The van der Waals surface area contributed by atoms with Gasteiger partial charge in [-0.25, -0.2) is 0 Å². The first-order chi connectivity index (χ1) is 8.78. The Kier molecular flexibility index (Phi) is 3.62. The molecule has 1 aromatic rings. The van der Waals surface area contributed by atoms with Gasteiger partial charge in [0.25, 0.3) is 0 Å². The maximum absolute atomic E-state index is 3.74. The monoisotopic (exact) mass is 308 g/mol. The van der Waals surface area contributed by atoms with Gasteiger partial charge in [-0.05, 0) is 65.4 Å². The van der Waals surface area contributed by atoms with Crippen molar-refractivity contribution >= 4 is 21.6 Å². The molecule has 2 unspecified atom stereocenters. The molecule has 1 aromatic carbocycles. The highest BCUT2D eigenvalue weighted by Crippen LogP contribution is 2.41. The molecule has 2 aliphatic rings. The third-order valence-corrected chi connectivity index (χ3v) is 5.10. The van der Waals surface area contributed by atoms with Crippen LogP contribution in [0.25, 0.3) is 0 Å². The predicted molar refractivity (Wildman–Crippen MR) is 79.9 cm³/mol. The fourth-order valence-corrected chi connectivity index (χ4v) is 4.23. The number of halogens is 1. The highest BCUT2D eigenvalue weighted by Gasteiger charge is 2.36. The molecule has 98 valence electrons. The molecule has 1 heterocycles. The van der Waals surface area contributed by atoms with E-state index in [0.29, 0.717) is 0 Å². The van der Waals surface area contributed by atoms with Gasteiger partial charge in [0.15, 0.2) is 0 Å². The number of hydrogen-bond acceptors (Lipinski definition) is 2. The average Bonchev–Trinajstić information content (AvgIpc) is 2.89. The summed E-state index contributed by atoms with van der Waals surface area (Å²) < 4.78 is 1.25. The maximum atomic E-state index is 3.74. The maximum Gasteiger partial charge on any atom is 0.0511 e. The Balaban J connectivity index is 1.76. The van der Waals surface area contributed by atoms with E-state index in [1.165, 1.54) is 48.1 Å². The van der Waals surface area contributed by atoms with Gasteiger partial charge in [-0.15, -0.1) is 0 Å². The van der Waals surface area contributed by atoms with E-state index in [2.05, 4.69) is 44.3 Å². The first-order valence-corrected chi connectivity index (χ1v) is 7.75. The third-order valence-electron chi connectivity index (χ3n) is 4.46. The molecule has 1 saturated carbocycles. The summed E-state index contributed by atoms with van der Waals surface area (Å²) in [5, 5.41) is 3.20. The van der Waals surface area contributed by atoms with Crippen LogP contribution in [0.1, 0.15) is 24.8 Å². The lowest BCUT2D eigenvalue weighted by Crippen LogP contribution is -2.21. The standard InChI is InChI=1S/C15H21BrN2/c1-17-8-11-5-6-15(14(16)7-11)18-9-12-3-2-4-13(12)10-18/h5-7,12-13,17H,2-4,8-10H2,1H3. The zero-order valence-corrected chi connectivity index (χ0v) is 12.5. The summed E-state index contributed by atoms with van der Waals surface area (Å²) in [6.45, 7) is 3.45. The fraction of sp³-hybridized carbons (Fsp3) is 0.600. The van der Waals surface area contributed by atoms with Gasteiger partial charge < -0.3 is 10.2 Å².